The van der Waals surface area contributed by atoms with E-state index in [0.29, 0.717) is 5.02 Å². The molecule has 0 fully saturated rings. The lowest BCUT2D eigenvalue weighted by Crippen LogP contribution is -2.18. The molecule has 0 atom stereocenters. The summed E-state index contributed by atoms with van der Waals surface area (Å²) in [6.07, 6.45) is 0. The Balaban J connectivity index is 1.11. The lowest BCUT2D eigenvalue weighted by molar-refractivity contribution is 0.590. The quantitative estimate of drug-likeness (QED) is 0.126. The molecule has 436 valence electrons. The van der Waals surface area contributed by atoms with Crippen molar-refractivity contribution in [1.29, 1.82) is 0 Å². The van der Waals surface area contributed by atoms with Gasteiger partial charge in [-0.15, -0.1) is 11.3 Å². The summed E-state index contributed by atoms with van der Waals surface area (Å²) in [5.41, 5.74) is 19.7. The fourth-order valence-corrected chi connectivity index (χ4v) is 13.9. The lowest BCUT2D eigenvalue weighted by atomic mass is 9.82. The number of rotatable bonds is 10. The third-order valence-corrected chi connectivity index (χ3v) is 19.2. The Hall–Kier alpha value is -8.73. The maximum Gasteiger partial charge on any atom is 0.0887 e. The molecule has 0 radical (unpaired) electrons. The number of hydrogen-bond acceptors (Lipinski definition) is 3. The summed E-state index contributed by atoms with van der Waals surface area (Å²) in [5, 5.41) is 11.6. The number of hydrogen-bond donors (Lipinski definition) is 0. The summed E-state index contributed by atoms with van der Waals surface area (Å²) in [5.74, 6) is 0. The summed E-state index contributed by atoms with van der Waals surface area (Å²) in [4.78, 5) is 4.92. The third kappa shape index (κ3) is 10.9. The van der Waals surface area contributed by atoms with Crippen LogP contribution >= 0.6 is 22.9 Å². The van der Waals surface area contributed by atoms with Gasteiger partial charge in [0.1, 0.15) is 0 Å². The average Bonchev–Trinajstić information content (AvgIpc) is 1.11. The molecule has 1 aromatic heterocycles. The van der Waals surface area contributed by atoms with Crippen molar-refractivity contribution in [2.45, 2.75) is 105 Å². The molecule has 12 aromatic carbocycles. The van der Waals surface area contributed by atoms with Gasteiger partial charge in [0.2, 0.25) is 0 Å². The van der Waals surface area contributed by atoms with E-state index in [1.165, 1.54) is 70.2 Å². The van der Waals surface area contributed by atoms with Crippen molar-refractivity contribution in [2.24, 2.45) is 0 Å². The lowest BCUT2D eigenvalue weighted by Gasteiger charge is -2.35. The van der Waals surface area contributed by atoms with Crippen LogP contribution in [0.5, 0.6) is 0 Å². The Morgan fingerprint density at radius 1 is 0.284 bits per heavy atom. The largest absolute Gasteiger partial charge is 0.308 e. The number of benzene rings is 12. The fraction of sp³-hybridized carbons (Fsp3) is 0.190. The van der Waals surface area contributed by atoms with Crippen LogP contribution in [-0.4, -0.2) is 0 Å². The zero-order chi connectivity index (χ0) is 61.4. The van der Waals surface area contributed by atoms with Crippen molar-refractivity contribution in [1.82, 2.24) is 0 Å². The van der Waals surface area contributed by atoms with Crippen LogP contribution in [0, 0.1) is 0 Å². The maximum absolute atomic E-state index is 8.62. The van der Waals surface area contributed by atoms with Crippen molar-refractivity contribution in [3.05, 3.63) is 275 Å². The Labute approximate surface area is 530 Å². The molecule has 0 saturated heterocycles. The van der Waals surface area contributed by atoms with E-state index >= 15 is 0 Å². The van der Waals surface area contributed by atoms with Crippen LogP contribution in [0.3, 0.4) is 0 Å². The summed E-state index contributed by atoms with van der Waals surface area (Å²) in [6, 6.07) is 90.5. The molecule has 1 heterocycles. The summed E-state index contributed by atoms with van der Waals surface area (Å²) in [6.45, 7) is 27.6. The van der Waals surface area contributed by atoms with Crippen molar-refractivity contribution in [3.8, 4) is 44.5 Å². The van der Waals surface area contributed by atoms with Crippen LogP contribution in [-0.2, 0) is 21.7 Å². The maximum atomic E-state index is 8.62. The van der Waals surface area contributed by atoms with Gasteiger partial charge in [0.05, 0.1) is 33.5 Å². The van der Waals surface area contributed by atoms with Crippen LogP contribution in [0.15, 0.2) is 248 Å². The highest BCUT2D eigenvalue weighted by Crippen LogP contribution is 2.56. The van der Waals surface area contributed by atoms with Crippen molar-refractivity contribution in [2.75, 3.05) is 9.80 Å². The van der Waals surface area contributed by atoms with E-state index in [1.54, 1.807) is 11.3 Å². The predicted octanol–water partition coefficient (Wildman–Crippen LogP) is 25.8. The van der Waals surface area contributed by atoms with Crippen molar-refractivity contribution >= 4 is 99.5 Å². The monoisotopic (exact) mass is 1180 g/mol. The molecule has 0 unspecified atom stereocenters. The minimum absolute atomic E-state index is 0.0481. The first-order valence-corrected chi connectivity index (χ1v) is 32.2. The Bertz CT molecular complexity index is 4660. The van der Waals surface area contributed by atoms with Crippen molar-refractivity contribution in [3.63, 3.8) is 0 Å². The van der Waals surface area contributed by atoms with Gasteiger partial charge in [-0.3, -0.25) is 0 Å². The van der Waals surface area contributed by atoms with Gasteiger partial charge in [-0.1, -0.05) is 271 Å². The van der Waals surface area contributed by atoms with Gasteiger partial charge >= 0.3 is 0 Å². The van der Waals surface area contributed by atoms with E-state index in [2.05, 4.69) is 341 Å². The number of nitrogens with zero attached hydrogens (tertiary/aromatic N) is 2. The first-order valence-electron chi connectivity index (χ1n) is 31.0. The van der Waals surface area contributed by atoms with Gasteiger partial charge in [0.15, 0.2) is 0 Å². The molecule has 2 nitrogen and oxygen atoms in total. The first kappa shape index (κ1) is 58.3. The normalized spacial score (nSPS) is 12.4. The van der Waals surface area contributed by atoms with Crippen LogP contribution < -0.4 is 9.80 Å². The van der Waals surface area contributed by atoms with Crippen LogP contribution in [0.2, 0.25) is 5.02 Å². The topological polar surface area (TPSA) is 6.48 Å². The summed E-state index contributed by atoms with van der Waals surface area (Å²) >= 11 is 10.4. The van der Waals surface area contributed by atoms with E-state index in [0.717, 1.165) is 73.1 Å². The second-order valence-electron chi connectivity index (χ2n) is 28.0. The van der Waals surface area contributed by atoms with Gasteiger partial charge in [-0.2, -0.15) is 0 Å². The highest BCUT2D eigenvalue weighted by molar-refractivity contribution is 7.17. The average molecular weight is 1180 g/mol. The zero-order valence-corrected chi connectivity index (χ0v) is 54.4. The van der Waals surface area contributed by atoms with Crippen LogP contribution in [0.25, 0.3) is 86.9 Å². The molecular weight excluding hydrogens is 1100 g/mol. The van der Waals surface area contributed by atoms with Gasteiger partial charge in [-0.05, 0) is 171 Å². The first-order chi connectivity index (χ1) is 42.1. The second-order valence-corrected chi connectivity index (χ2v) is 29.3. The van der Waals surface area contributed by atoms with Crippen LogP contribution in [0.4, 0.5) is 34.1 Å². The molecule has 0 aliphatic carbocycles. The van der Waals surface area contributed by atoms with Gasteiger partial charge in [0, 0.05) is 37.8 Å². The molecule has 13 rings (SSSR count). The number of thiophene rings is 1. The number of halogens is 1. The fourth-order valence-electron chi connectivity index (χ4n) is 12.7. The minimum atomic E-state index is -0.164. The highest BCUT2D eigenvalue weighted by Gasteiger charge is 2.32. The van der Waals surface area contributed by atoms with Gasteiger partial charge in [-0.25, -0.2) is 0 Å². The molecule has 88 heavy (non-hydrogen) atoms. The second kappa shape index (κ2) is 22.5. The van der Waals surface area contributed by atoms with E-state index in [4.69, 9.17) is 11.6 Å². The van der Waals surface area contributed by atoms with Gasteiger partial charge < -0.3 is 9.80 Å². The van der Waals surface area contributed by atoms with E-state index in [9.17, 15) is 0 Å². The SMILES string of the molecule is CC(C)(C)c1ccc(-c2ccc(N(c3ccc(C(C)(C)C)cc3-c3ccc4c5ccccc5c5ccccc5c4c3)c3cccc(N(c4c(-c5ccccc5)cc(C(C)(C)C)cc4-c4ccccc4)c4csc5ccc(C(C)(C)C)cc45)c3Cl)cc2)cc1. The molecular formula is C84H77ClN2S. The zero-order valence-electron chi connectivity index (χ0n) is 52.9. The summed E-state index contributed by atoms with van der Waals surface area (Å²) < 4.78 is 1.21. The van der Waals surface area contributed by atoms with Crippen molar-refractivity contribution < 1.29 is 0 Å². The molecule has 0 N–H and O–H groups in total. The molecule has 0 aliphatic rings. The summed E-state index contributed by atoms with van der Waals surface area (Å²) in [7, 11) is 0. The number of fused-ring (bicyclic) bond motifs is 7. The Morgan fingerprint density at radius 2 is 0.716 bits per heavy atom. The molecule has 4 heteroatoms. The van der Waals surface area contributed by atoms with E-state index in [-0.39, 0.29) is 21.7 Å². The molecule has 13 aromatic rings. The molecule has 0 bridgehead atoms. The smallest absolute Gasteiger partial charge is 0.0887 e. The minimum Gasteiger partial charge on any atom is -0.308 e. The van der Waals surface area contributed by atoms with Gasteiger partial charge in [0.25, 0.3) is 0 Å². The van der Waals surface area contributed by atoms with Crippen LogP contribution in [0.1, 0.15) is 105 Å². The molecule has 0 amide bonds. The molecule has 0 aliphatic heterocycles. The predicted molar refractivity (Wildman–Crippen MR) is 385 cm³/mol. The Morgan fingerprint density at radius 3 is 1.25 bits per heavy atom. The third-order valence-electron chi connectivity index (χ3n) is 17.8. The van der Waals surface area contributed by atoms with E-state index in [1.807, 2.05) is 0 Å². The highest BCUT2D eigenvalue weighted by atomic mass is 35.5. The number of anilines is 6. The molecule has 0 saturated carbocycles. The standard InChI is InChI=1S/C84H77ClN2S/c1-81(2,3)59-39-34-54(35-40-59)55-36-43-63(44-37-55)86(74-46-41-60(82(4,5)6)49-69(74)58-38-45-68-66-30-20-19-28-64(66)65-29-21-22-31-67(65)72(68)48-58)75-32-23-33-76(79(75)85)87(77-53-88-78-47-42-61(50-73(77)78)83(7,8)9)80-70(56-24-15-13-16-25-56)51-62(84(10,11)12)52-71(80)57-26-17-14-18-27-57/h13-53H,1-12H3. The molecule has 0 spiro atoms. The van der Waals surface area contributed by atoms with E-state index < -0.39 is 0 Å². The Kier molecular flexibility index (Phi) is 14.9.